The molecule has 0 fully saturated rings. The summed E-state index contributed by atoms with van der Waals surface area (Å²) in [7, 11) is 0. The second-order valence-corrected chi connectivity index (χ2v) is 6.73. The molecule has 0 bridgehead atoms. The van der Waals surface area contributed by atoms with E-state index in [1.54, 1.807) is 30.3 Å². The number of aryl methyl sites for hydroxylation is 1. The minimum absolute atomic E-state index is 0.00121. The van der Waals surface area contributed by atoms with Gasteiger partial charge in [-0.25, -0.2) is 0 Å². The van der Waals surface area contributed by atoms with Crippen LogP contribution in [0, 0.1) is 28.4 Å². The van der Waals surface area contributed by atoms with E-state index in [4.69, 9.17) is 5.26 Å². The zero-order valence-electron chi connectivity index (χ0n) is 15.8. The lowest BCUT2D eigenvalue weighted by Gasteiger charge is -2.20. The highest BCUT2D eigenvalue weighted by molar-refractivity contribution is 5.96. The Morgan fingerprint density at radius 2 is 1.79 bits per heavy atom. The fraction of sp³-hybridized carbons (Fsp3) is 0.130. The Morgan fingerprint density at radius 1 is 1.10 bits per heavy atom. The van der Waals surface area contributed by atoms with Gasteiger partial charge in [0.1, 0.15) is 0 Å². The van der Waals surface area contributed by atoms with Crippen LogP contribution in [0.1, 0.15) is 39.5 Å². The number of nitro groups is 1. The second kappa shape index (κ2) is 8.81. The summed E-state index contributed by atoms with van der Waals surface area (Å²) in [6.07, 6.45) is 0.201. The lowest BCUT2D eigenvalue weighted by molar-refractivity contribution is -0.384. The third-order valence-electron chi connectivity index (χ3n) is 4.59. The van der Waals surface area contributed by atoms with Gasteiger partial charge in [-0.1, -0.05) is 35.9 Å². The molecule has 0 aliphatic carbocycles. The van der Waals surface area contributed by atoms with Crippen molar-refractivity contribution in [2.24, 2.45) is 0 Å². The highest BCUT2D eigenvalue weighted by atomic mass is 16.6. The van der Waals surface area contributed by atoms with E-state index in [1.165, 1.54) is 12.1 Å². The molecule has 3 rings (SSSR count). The molecule has 29 heavy (non-hydrogen) atoms. The normalized spacial score (nSPS) is 11.3. The molecular formula is C23H19N3O3. The zero-order valence-corrected chi connectivity index (χ0v) is 15.8. The van der Waals surface area contributed by atoms with Gasteiger partial charge < -0.3 is 5.32 Å². The van der Waals surface area contributed by atoms with Crippen LogP contribution in [-0.4, -0.2) is 10.7 Å². The third kappa shape index (κ3) is 5.05. The van der Waals surface area contributed by atoms with Gasteiger partial charge in [0.15, 0.2) is 5.78 Å². The Balaban J connectivity index is 1.87. The topological polar surface area (TPSA) is 96.0 Å². The number of carbonyl (C=O) groups excluding carboxylic acids is 1. The van der Waals surface area contributed by atoms with Crippen molar-refractivity contribution in [1.82, 2.24) is 0 Å². The third-order valence-corrected chi connectivity index (χ3v) is 4.59. The lowest BCUT2D eigenvalue weighted by atomic mass is 9.96. The van der Waals surface area contributed by atoms with Gasteiger partial charge in [-0.3, -0.25) is 14.9 Å². The maximum absolute atomic E-state index is 12.9. The van der Waals surface area contributed by atoms with Crippen LogP contribution in [0.25, 0.3) is 0 Å². The molecule has 1 atom stereocenters. The van der Waals surface area contributed by atoms with Crippen molar-refractivity contribution in [2.75, 3.05) is 5.32 Å². The van der Waals surface area contributed by atoms with E-state index < -0.39 is 4.92 Å². The van der Waals surface area contributed by atoms with Crippen LogP contribution >= 0.6 is 0 Å². The van der Waals surface area contributed by atoms with Crippen LogP contribution in [0.4, 0.5) is 11.4 Å². The van der Waals surface area contributed by atoms with E-state index in [0.29, 0.717) is 16.8 Å². The first-order valence-electron chi connectivity index (χ1n) is 9.07. The van der Waals surface area contributed by atoms with Crippen LogP contribution in [-0.2, 0) is 0 Å². The number of rotatable bonds is 7. The number of Topliss-reactive ketones (excluding diaryl/α,β-unsaturated/α-hetero) is 1. The fourth-order valence-electron chi connectivity index (χ4n) is 3.04. The molecule has 0 aliphatic heterocycles. The van der Waals surface area contributed by atoms with Crippen molar-refractivity contribution >= 4 is 17.2 Å². The molecule has 3 aromatic carbocycles. The Kier molecular flexibility index (Phi) is 6.00. The molecule has 0 spiro atoms. The molecule has 1 N–H and O–H groups in total. The van der Waals surface area contributed by atoms with Crippen LogP contribution < -0.4 is 5.32 Å². The van der Waals surface area contributed by atoms with Crippen molar-refractivity contribution in [3.8, 4) is 6.07 Å². The van der Waals surface area contributed by atoms with Gasteiger partial charge in [-0.2, -0.15) is 5.26 Å². The zero-order chi connectivity index (χ0) is 20.8. The fourth-order valence-corrected chi connectivity index (χ4v) is 3.04. The Labute approximate surface area is 168 Å². The van der Waals surface area contributed by atoms with Gasteiger partial charge in [0.2, 0.25) is 0 Å². The molecule has 0 radical (unpaired) electrons. The van der Waals surface area contributed by atoms with Crippen molar-refractivity contribution < 1.29 is 9.72 Å². The average Bonchev–Trinajstić information content (AvgIpc) is 2.73. The van der Waals surface area contributed by atoms with Crippen LogP contribution in [0.2, 0.25) is 0 Å². The number of ketones is 1. The summed E-state index contributed by atoms with van der Waals surface area (Å²) in [5.41, 5.74) is 3.70. The number of anilines is 1. The molecule has 6 nitrogen and oxygen atoms in total. The van der Waals surface area contributed by atoms with E-state index in [9.17, 15) is 14.9 Å². The van der Waals surface area contributed by atoms with Gasteiger partial charge in [0, 0.05) is 29.8 Å². The van der Waals surface area contributed by atoms with Crippen LogP contribution in [0.5, 0.6) is 0 Å². The summed E-state index contributed by atoms with van der Waals surface area (Å²) in [5.74, 6) is -0.0162. The molecule has 0 aromatic heterocycles. The molecule has 144 valence electrons. The van der Waals surface area contributed by atoms with E-state index in [-0.39, 0.29) is 23.9 Å². The van der Waals surface area contributed by atoms with Gasteiger partial charge in [0.25, 0.3) is 5.69 Å². The van der Waals surface area contributed by atoms with Gasteiger partial charge in [0.05, 0.1) is 22.6 Å². The predicted molar refractivity (Wildman–Crippen MR) is 111 cm³/mol. The molecule has 0 saturated heterocycles. The van der Waals surface area contributed by atoms with Crippen molar-refractivity contribution in [1.29, 1.82) is 5.26 Å². The number of nitrogens with zero attached hydrogens (tertiary/aromatic N) is 2. The number of benzene rings is 3. The Hall–Kier alpha value is -3.98. The SMILES string of the molecule is Cc1cccc(C(=O)CC(Nc2ccc([N+](=O)[O-])cc2)c2ccc(C#N)cc2)c1. The summed E-state index contributed by atoms with van der Waals surface area (Å²) in [5, 5.41) is 23.2. The van der Waals surface area contributed by atoms with Crippen LogP contribution in [0.15, 0.2) is 72.8 Å². The van der Waals surface area contributed by atoms with Gasteiger partial charge >= 0.3 is 0 Å². The summed E-state index contributed by atoms with van der Waals surface area (Å²) in [4.78, 5) is 23.3. The lowest BCUT2D eigenvalue weighted by Crippen LogP contribution is -2.16. The summed E-state index contributed by atoms with van der Waals surface area (Å²) < 4.78 is 0. The molecule has 6 heteroatoms. The molecule has 1 unspecified atom stereocenters. The van der Waals surface area contributed by atoms with E-state index >= 15 is 0 Å². The Bertz CT molecular complexity index is 1070. The van der Waals surface area contributed by atoms with Crippen molar-refractivity contribution in [3.63, 3.8) is 0 Å². The van der Waals surface area contributed by atoms with Gasteiger partial charge in [-0.15, -0.1) is 0 Å². The van der Waals surface area contributed by atoms with Crippen molar-refractivity contribution in [3.05, 3.63) is 105 Å². The summed E-state index contributed by atoms with van der Waals surface area (Å²) in [6.45, 7) is 1.93. The number of nitrogens with one attached hydrogen (secondary N) is 1. The van der Waals surface area contributed by atoms with E-state index in [2.05, 4.69) is 11.4 Å². The molecule has 0 aliphatic rings. The minimum Gasteiger partial charge on any atom is -0.378 e. The first-order valence-corrected chi connectivity index (χ1v) is 9.07. The summed E-state index contributed by atoms with van der Waals surface area (Å²) >= 11 is 0. The molecule has 0 amide bonds. The predicted octanol–water partition coefficient (Wildman–Crippen LogP) is 5.20. The summed E-state index contributed by atoms with van der Waals surface area (Å²) in [6, 6.07) is 22.3. The highest BCUT2D eigenvalue weighted by Crippen LogP contribution is 2.26. The molecule has 0 saturated carbocycles. The number of nitro benzene ring substituents is 1. The molecule has 3 aromatic rings. The minimum atomic E-state index is -0.455. The standard InChI is InChI=1S/C23H19N3O3/c1-16-3-2-4-19(13-16)23(27)14-22(18-7-5-17(15-24)6-8-18)25-20-9-11-21(12-10-20)26(28)29/h2-13,22,25H,14H2,1H3. The molecule has 0 heterocycles. The largest absolute Gasteiger partial charge is 0.378 e. The van der Waals surface area contributed by atoms with Crippen LogP contribution in [0.3, 0.4) is 0 Å². The number of nitriles is 1. The van der Waals surface area contributed by atoms with E-state index in [0.717, 1.165) is 11.1 Å². The second-order valence-electron chi connectivity index (χ2n) is 6.73. The monoisotopic (exact) mass is 385 g/mol. The van der Waals surface area contributed by atoms with E-state index in [1.807, 2.05) is 37.3 Å². The number of non-ortho nitro benzene ring substituents is 1. The maximum atomic E-state index is 12.9. The number of hydrogen-bond donors (Lipinski definition) is 1. The Morgan fingerprint density at radius 3 is 2.38 bits per heavy atom. The molecular weight excluding hydrogens is 366 g/mol. The average molecular weight is 385 g/mol. The van der Waals surface area contributed by atoms with Gasteiger partial charge in [-0.05, 0) is 42.8 Å². The van der Waals surface area contributed by atoms with Crippen molar-refractivity contribution in [2.45, 2.75) is 19.4 Å². The quantitative estimate of drug-likeness (QED) is 0.342. The smallest absolute Gasteiger partial charge is 0.269 e. The first-order chi connectivity index (χ1) is 14.0. The number of hydrogen-bond acceptors (Lipinski definition) is 5. The number of carbonyl (C=O) groups is 1. The maximum Gasteiger partial charge on any atom is 0.269 e. The highest BCUT2D eigenvalue weighted by Gasteiger charge is 2.18. The first kappa shape index (κ1) is 19.8.